The standard InChI is InChI=1S/C12H12NO2S/c1-15-12(14)11-8-16-9-13(11)7-10-5-3-2-4-6-10/h2-6,8-9H,7H2,1H3/q+1. The number of methoxy groups -OCH3 is 1. The Morgan fingerprint density at radius 1 is 1.38 bits per heavy atom. The molecule has 1 heterocycles. The smallest absolute Gasteiger partial charge is 0.404 e. The summed E-state index contributed by atoms with van der Waals surface area (Å²) < 4.78 is 6.61. The topological polar surface area (TPSA) is 30.2 Å². The van der Waals surface area contributed by atoms with Crippen molar-refractivity contribution >= 4 is 17.3 Å². The summed E-state index contributed by atoms with van der Waals surface area (Å²) >= 11 is 1.49. The van der Waals surface area contributed by atoms with Crippen LogP contribution in [0.3, 0.4) is 0 Å². The maximum atomic E-state index is 11.4. The zero-order chi connectivity index (χ0) is 11.4. The van der Waals surface area contributed by atoms with E-state index in [9.17, 15) is 4.79 Å². The second-order valence-electron chi connectivity index (χ2n) is 3.35. The molecule has 1 aromatic heterocycles. The Kier molecular flexibility index (Phi) is 3.31. The fourth-order valence-corrected chi connectivity index (χ4v) is 2.22. The molecule has 0 bridgehead atoms. The predicted octanol–water partition coefficient (Wildman–Crippen LogP) is 1.87. The van der Waals surface area contributed by atoms with Gasteiger partial charge in [-0.3, -0.25) is 0 Å². The Balaban J connectivity index is 2.22. The first-order chi connectivity index (χ1) is 7.81. The van der Waals surface area contributed by atoms with Crippen LogP contribution in [0.1, 0.15) is 16.1 Å². The maximum absolute atomic E-state index is 11.4. The average molecular weight is 234 g/mol. The Morgan fingerprint density at radius 2 is 2.12 bits per heavy atom. The van der Waals surface area contributed by atoms with Crippen LogP contribution < -0.4 is 4.57 Å². The van der Waals surface area contributed by atoms with E-state index in [1.54, 1.807) is 5.38 Å². The zero-order valence-electron chi connectivity index (χ0n) is 8.92. The van der Waals surface area contributed by atoms with Crippen LogP contribution in [-0.2, 0) is 11.3 Å². The van der Waals surface area contributed by atoms with Crippen LogP contribution in [0.4, 0.5) is 0 Å². The number of nitrogens with zero attached hydrogens (tertiary/aromatic N) is 1. The summed E-state index contributed by atoms with van der Waals surface area (Å²) in [5.41, 5.74) is 3.67. The lowest BCUT2D eigenvalue weighted by atomic mass is 10.2. The van der Waals surface area contributed by atoms with Crippen LogP contribution in [-0.4, -0.2) is 13.1 Å². The van der Waals surface area contributed by atoms with Gasteiger partial charge < -0.3 is 4.74 Å². The number of aromatic nitrogens is 1. The summed E-state index contributed by atoms with van der Waals surface area (Å²) in [4.78, 5) is 11.4. The zero-order valence-corrected chi connectivity index (χ0v) is 9.74. The van der Waals surface area contributed by atoms with Crippen molar-refractivity contribution in [1.82, 2.24) is 0 Å². The second kappa shape index (κ2) is 4.90. The van der Waals surface area contributed by atoms with Crippen molar-refractivity contribution in [3.8, 4) is 0 Å². The predicted molar refractivity (Wildman–Crippen MR) is 61.4 cm³/mol. The number of hydrogen-bond donors (Lipinski definition) is 0. The molecule has 0 aliphatic rings. The molecule has 0 aliphatic heterocycles. The summed E-state index contributed by atoms with van der Waals surface area (Å²) in [5.74, 6) is -0.294. The van der Waals surface area contributed by atoms with Gasteiger partial charge >= 0.3 is 11.7 Å². The summed E-state index contributed by atoms with van der Waals surface area (Å²) in [6, 6.07) is 10.0. The molecule has 0 fully saturated rings. The third-order valence-corrected chi connectivity index (χ3v) is 3.00. The highest BCUT2D eigenvalue weighted by Gasteiger charge is 2.21. The fraction of sp³-hybridized carbons (Fsp3) is 0.167. The SMILES string of the molecule is COC(=O)c1csc[n+]1Cc1ccccc1. The van der Waals surface area contributed by atoms with Crippen molar-refractivity contribution in [2.45, 2.75) is 6.54 Å². The molecule has 82 valence electrons. The molecule has 0 atom stereocenters. The van der Waals surface area contributed by atoms with Gasteiger partial charge in [0.05, 0.1) is 12.5 Å². The van der Waals surface area contributed by atoms with E-state index in [1.807, 2.05) is 40.4 Å². The number of benzene rings is 1. The van der Waals surface area contributed by atoms with Gasteiger partial charge in [0, 0.05) is 5.56 Å². The van der Waals surface area contributed by atoms with Crippen LogP contribution in [0.2, 0.25) is 0 Å². The van der Waals surface area contributed by atoms with E-state index in [0.29, 0.717) is 12.2 Å². The molecule has 0 saturated heterocycles. The van der Waals surface area contributed by atoms with Crippen molar-refractivity contribution in [1.29, 1.82) is 0 Å². The van der Waals surface area contributed by atoms with Crippen LogP contribution >= 0.6 is 11.3 Å². The molecular weight excluding hydrogens is 222 g/mol. The average Bonchev–Trinajstić information content (AvgIpc) is 2.77. The third-order valence-electron chi connectivity index (χ3n) is 2.27. The highest BCUT2D eigenvalue weighted by Crippen LogP contribution is 2.04. The van der Waals surface area contributed by atoms with Crippen molar-refractivity contribution in [2.75, 3.05) is 7.11 Å². The third kappa shape index (κ3) is 2.28. The largest absolute Gasteiger partial charge is 0.461 e. The minimum Gasteiger partial charge on any atom is -0.461 e. The molecule has 0 aliphatic carbocycles. The number of thiazole rings is 1. The van der Waals surface area contributed by atoms with Gasteiger partial charge in [0.15, 0.2) is 6.54 Å². The molecule has 2 aromatic rings. The van der Waals surface area contributed by atoms with Gasteiger partial charge in [-0.15, -0.1) is 0 Å². The number of hydrogen-bond acceptors (Lipinski definition) is 3. The first-order valence-electron chi connectivity index (χ1n) is 4.89. The fourth-order valence-electron chi connectivity index (χ4n) is 1.47. The van der Waals surface area contributed by atoms with Gasteiger partial charge in [0.1, 0.15) is 0 Å². The maximum Gasteiger partial charge on any atom is 0.404 e. The Hall–Kier alpha value is -1.68. The number of carbonyl (C=O) groups excluding carboxylic acids is 1. The van der Waals surface area contributed by atoms with E-state index in [1.165, 1.54) is 18.4 Å². The Bertz CT molecular complexity index is 479. The molecular formula is C12H12NO2S+. The second-order valence-corrected chi connectivity index (χ2v) is 4.07. The Morgan fingerprint density at radius 3 is 2.81 bits per heavy atom. The van der Waals surface area contributed by atoms with Crippen molar-refractivity contribution in [3.05, 3.63) is 52.5 Å². The van der Waals surface area contributed by atoms with Crippen LogP contribution in [0.25, 0.3) is 0 Å². The molecule has 2 rings (SSSR count). The first-order valence-corrected chi connectivity index (χ1v) is 5.83. The minimum absolute atomic E-state index is 0.294. The van der Waals surface area contributed by atoms with E-state index in [-0.39, 0.29) is 5.97 Å². The van der Waals surface area contributed by atoms with Gasteiger partial charge in [-0.05, 0) is 0 Å². The highest BCUT2D eigenvalue weighted by atomic mass is 32.1. The van der Waals surface area contributed by atoms with Gasteiger partial charge in [0.2, 0.25) is 5.51 Å². The molecule has 0 spiro atoms. The Labute approximate surface area is 97.9 Å². The van der Waals surface area contributed by atoms with Crippen LogP contribution in [0, 0.1) is 0 Å². The van der Waals surface area contributed by atoms with E-state index in [2.05, 4.69) is 0 Å². The molecule has 3 nitrogen and oxygen atoms in total. The number of esters is 1. The van der Waals surface area contributed by atoms with E-state index in [4.69, 9.17) is 4.74 Å². The molecule has 16 heavy (non-hydrogen) atoms. The summed E-state index contributed by atoms with van der Waals surface area (Å²) in [5, 5.41) is 1.80. The highest BCUT2D eigenvalue weighted by molar-refractivity contribution is 7.07. The van der Waals surface area contributed by atoms with Crippen LogP contribution in [0.15, 0.2) is 41.2 Å². The van der Waals surface area contributed by atoms with Gasteiger partial charge in [-0.1, -0.05) is 41.7 Å². The van der Waals surface area contributed by atoms with Gasteiger partial charge in [-0.2, -0.15) is 4.57 Å². The lowest BCUT2D eigenvalue weighted by Gasteiger charge is -1.97. The molecule has 0 radical (unpaired) electrons. The van der Waals surface area contributed by atoms with E-state index >= 15 is 0 Å². The first kappa shape index (κ1) is 10.8. The number of rotatable bonds is 3. The molecule has 4 heteroatoms. The molecule has 0 saturated carbocycles. The van der Waals surface area contributed by atoms with Crippen LogP contribution in [0.5, 0.6) is 0 Å². The summed E-state index contributed by atoms with van der Waals surface area (Å²) in [7, 11) is 1.40. The minimum atomic E-state index is -0.294. The molecule has 0 amide bonds. The quantitative estimate of drug-likeness (QED) is 0.599. The molecule has 1 aromatic carbocycles. The van der Waals surface area contributed by atoms with Crippen molar-refractivity contribution < 1.29 is 14.1 Å². The van der Waals surface area contributed by atoms with Crippen molar-refractivity contribution in [3.63, 3.8) is 0 Å². The summed E-state index contributed by atoms with van der Waals surface area (Å²) in [6.45, 7) is 0.689. The molecule has 0 unspecified atom stereocenters. The van der Waals surface area contributed by atoms with Crippen molar-refractivity contribution in [2.24, 2.45) is 0 Å². The lowest BCUT2D eigenvalue weighted by Crippen LogP contribution is -2.38. The number of ether oxygens (including phenoxy) is 1. The van der Waals surface area contributed by atoms with Gasteiger partial charge in [0.25, 0.3) is 0 Å². The van der Waals surface area contributed by atoms with E-state index < -0.39 is 0 Å². The van der Waals surface area contributed by atoms with E-state index in [0.717, 1.165) is 5.56 Å². The normalized spacial score (nSPS) is 10.1. The molecule has 0 N–H and O–H groups in total. The number of carbonyl (C=O) groups is 1. The lowest BCUT2D eigenvalue weighted by molar-refractivity contribution is -0.685. The monoisotopic (exact) mass is 234 g/mol. The summed E-state index contributed by atoms with van der Waals surface area (Å²) in [6.07, 6.45) is 0. The van der Waals surface area contributed by atoms with Gasteiger partial charge in [-0.25, -0.2) is 4.79 Å².